The Labute approximate surface area is 411 Å². The van der Waals surface area contributed by atoms with Gasteiger partial charge in [-0.15, -0.1) is 0 Å². The van der Waals surface area contributed by atoms with Crippen molar-refractivity contribution in [1.29, 1.82) is 0 Å². The summed E-state index contributed by atoms with van der Waals surface area (Å²) in [6.07, 6.45) is 4.71. The average molecular weight is 1060 g/mol. The van der Waals surface area contributed by atoms with E-state index in [0.717, 1.165) is 41.5 Å². The first kappa shape index (κ1) is 57.4. The van der Waals surface area contributed by atoms with E-state index in [4.69, 9.17) is 19.9 Å². The van der Waals surface area contributed by atoms with Crippen LogP contribution in [-0.4, -0.2) is 130 Å². The number of carboxylic acids is 1. The number of aliphatic carboxylic acids is 1. The van der Waals surface area contributed by atoms with Gasteiger partial charge in [0, 0.05) is 79.0 Å². The number of carboxylic acid groups (broad SMARTS) is 1. The predicted octanol–water partition coefficient (Wildman–Crippen LogP) is 5.70. The highest BCUT2D eigenvalue weighted by molar-refractivity contribution is 9.09. The Bertz CT molecular complexity index is 2920. The van der Waals surface area contributed by atoms with Crippen molar-refractivity contribution in [2.45, 2.75) is 91.6 Å². The molecule has 5 aromatic rings. The van der Waals surface area contributed by atoms with Gasteiger partial charge in [0.15, 0.2) is 5.78 Å². The summed E-state index contributed by atoms with van der Waals surface area (Å²) in [6, 6.07) is 13.0. The summed E-state index contributed by atoms with van der Waals surface area (Å²) < 4.78 is 46.0. The molecule has 2 aromatic carbocycles. The van der Waals surface area contributed by atoms with E-state index in [1.54, 1.807) is 12.1 Å². The number of hydrogen-bond acceptors (Lipinski definition) is 16. The van der Waals surface area contributed by atoms with E-state index in [-0.39, 0.29) is 52.8 Å². The average Bonchev–Trinajstić information content (AvgIpc) is 3.68. The number of anilines is 2. The number of ketones is 2. The normalized spacial score (nSPS) is 13.7. The van der Waals surface area contributed by atoms with Crippen LogP contribution in [-0.2, 0) is 40.5 Å². The number of rotatable bonds is 13. The summed E-state index contributed by atoms with van der Waals surface area (Å²) in [7, 11) is -6.10. The number of nitrogens with one attached hydrogen (secondary N) is 5. The monoisotopic (exact) mass is 1060 g/mol. The van der Waals surface area contributed by atoms with E-state index in [0.29, 0.717) is 77.4 Å². The molecular weight excluding hydrogens is 997 g/mol. The molecule has 0 atom stereocenters. The number of amides is 2. The minimum Gasteiger partial charge on any atom is -0.481 e. The number of hydrogen-bond donors (Lipinski definition) is 7. The Morgan fingerprint density at radius 3 is 1.71 bits per heavy atom. The van der Waals surface area contributed by atoms with Crippen molar-refractivity contribution in [3.63, 3.8) is 0 Å². The Kier molecular flexibility index (Phi) is 20.0. The minimum absolute atomic E-state index is 0. The van der Waals surface area contributed by atoms with Crippen LogP contribution in [0, 0.1) is 13.8 Å². The predicted molar refractivity (Wildman–Crippen MR) is 272 cm³/mol. The van der Waals surface area contributed by atoms with Gasteiger partial charge in [-0.1, -0.05) is 34.1 Å². The van der Waals surface area contributed by atoms with Crippen LogP contribution in [0.25, 0.3) is 33.3 Å². The number of H-pyrrole nitrogens is 1. The summed E-state index contributed by atoms with van der Waals surface area (Å²) in [6.45, 7) is 13.7. The first-order valence-electron chi connectivity index (χ1n) is 21.6. The molecule has 2 amide bonds. The summed E-state index contributed by atoms with van der Waals surface area (Å²) in [5, 5.41) is 19.7. The highest BCUT2D eigenvalue weighted by Gasteiger charge is 2.25. The van der Waals surface area contributed by atoms with Crippen molar-refractivity contribution < 1.29 is 45.9 Å². The molecule has 7 rings (SSSR count). The van der Waals surface area contributed by atoms with Gasteiger partial charge in [-0.25, -0.2) is 36.8 Å². The summed E-state index contributed by atoms with van der Waals surface area (Å²) >= 11 is 3.19. The second kappa shape index (κ2) is 24.1. The molecule has 2 aliphatic heterocycles. The number of nitrogens with zero attached hydrogens (tertiary/aromatic N) is 4. The lowest BCUT2D eigenvalue weighted by atomic mass is 10.0. The van der Waals surface area contributed by atoms with Crippen molar-refractivity contribution in [3.05, 3.63) is 70.7 Å². The molecule has 0 aliphatic carbocycles. The van der Waals surface area contributed by atoms with E-state index in [1.165, 1.54) is 12.5 Å². The third kappa shape index (κ3) is 17.8. The van der Waals surface area contributed by atoms with Crippen molar-refractivity contribution in [2.24, 2.45) is 0 Å². The fourth-order valence-electron chi connectivity index (χ4n) is 6.84. The zero-order valence-corrected chi connectivity index (χ0v) is 43.6. The molecule has 3 aromatic heterocycles. The van der Waals surface area contributed by atoms with E-state index in [9.17, 15) is 36.0 Å². The number of aryl methyl sites for hydroxylation is 2. The number of sulfone groups is 2. The second-order valence-corrected chi connectivity index (χ2v) is 23.0. The zero-order chi connectivity index (χ0) is 50.8. The molecule has 69 heavy (non-hydrogen) atoms. The Morgan fingerprint density at radius 2 is 1.25 bits per heavy atom. The van der Waals surface area contributed by atoms with Gasteiger partial charge >= 0.3 is 0 Å². The standard InChI is InChI=1S/C22H27N5O3S.C17H22BrN3O3S.C5H7NO2.C2H4O2.H3N/c1-13-20(27-22(2,3)9-11-31(4,29)30)26-19-14(6-5-7-17(19)24-13)18-12-15-16(25-18)8-10-23-21(15)28;1-11-16(21-17(2,3)8-9-25(4,23)24)20-15-12(14(22)10-18)6-5-7-13(15)19-11;7-4-1-2-6-5(8)3-4;1-2(3)4;/h5-7,12,25H,8-11H2,1-4H3,(H,23,28)(H,26,27);5-7H,8-10H2,1-4H3,(H,20,21);1-3H2,(H,6,8);1H3,(H,3,4);1H3. The topological polar surface area (TPSA) is 324 Å². The van der Waals surface area contributed by atoms with Crippen molar-refractivity contribution in [2.75, 3.05) is 53.1 Å². The van der Waals surface area contributed by atoms with Crippen LogP contribution in [0.15, 0.2) is 42.5 Å². The first-order valence-corrected chi connectivity index (χ1v) is 26.9. The minimum atomic E-state index is -3.06. The van der Waals surface area contributed by atoms with Crippen LogP contribution in [0.1, 0.15) is 98.1 Å². The van der Waals surface area contributed by atoms with Crippen molar-refractivity contribution in [1.82, 2.24) is 41.7 Å². The Hall–Kier alpha value is -5.91. The number of carbonyl (C=O) groups is 5. The van der Waals surface area contributed by atoms with Crippen LogP contribution in [0.2, 0.25) is 0 Å². The van der Waals surface area contributed by atoms with Crippen molar-refractivity contribution in [3.8, 4) is 11.3 Å². The number of aromatic nitrogens is 5. The van der Waals surface area contributed by atoms with E-state index < -0.39 is 36.7 Å². The molecule has 20 nitrogen and oxygen atoms in total. The molecular formula is C46H63BrN10O10S2. The van der Waals surface area contributed by atoms with Gasteiger partial charge < -0.3 is 37.5 Å². The van der Waals surface area contributed by atoms with E-state index >= 15 is 0 Å². The van der Waals surface area contributed by atoms with Crippen LogP contribution < -0.4 is 27.4 Å². The van der Waals surface area contributed by atoms with Gasteiger partial charge in [0.2, 0.25) is 5.91 Å². The summed E-state index contributed by atoms with van der Waals surface area (Å²) in [5.41, 5.74) is 6.94. The van der Waals surface area contributed by atoms with Crippen LogP contribution >= 0.6 is 15.9 Å². The van der Waals surface area contributed by atoms with Gasteiger partial charge in [-0.2, -0.15) is 0 Å². The molecule has 2 aliphatic rings. The number of benzene rings is 2. The Balaban J connectivity index is 0.000000295. The number of Topliss-reactive ketones (excluding diaryl/α,β-unsaturated/α-hetero) is 2. The van der Waals surface area contributed by atoms with Crippen LogP contribution in [0.4, 0.5) is 11.6 Å². The quantitative estimate of drug-likeness (QED) is 0.0422. The molecule has 0 radical (unpaired) electrons. The smallest absolute Gasteiger partial charge is 0.300 e. The molecule has 9 N–H and O–H groups in total. The molecule has 0 unspecified atom stereocenters. The molecule has 1 saturated heterocycles. The first-order chi connectivity index (χ1) is 31.6. The maximum atomic E-state index is 12.2. The largest absolute Gasteiger partial charge is 0.481 e. The fraction of sp³-hybridized carbons (Fsp3) is 0.457. The second-order valence-electron chi connectivity index (χ2n) is 17.9. The van der Waals surface area contributed by atoms with Gasteiger partial charge in [0.05, 0.1) is 51.2 Å². The maximum absolute atomic E-state index is 12.2. The summed E-state index contributed by atoms with van der Waals surface area (Å²) in [4.78, 5) is 76.1. The SMILES string of the molecule is CC(=O)O.Cc1nc2cccc(-c3cc4c([nH]3)CCNC4=O)c2nc1NC(C)(C)CCS(C)(=O)=O.Cc1nc2cccc(C(=O)CBr)c2nc1NC(C)(C)CCS(C)(=O)=O.N.O=C1CCNC(=O)C1. The van der Waals surface area contributed by atoms with Gasteiger partial charge in [0.1, 0.15) is 48.1 Å². The number of alkyl halides is 1. The van der Waals surface area contributed by atoms with Crippen LogP contribution in [0.5, 0.6) is 0 Å². The Morgan fingerprint density at radius 1 is 0.754 bits per heavy atom. The van der Waals surface area contributed by atoms with E-state index in [1.807, 2.05) is 71.9 Å². The molecule has 0 saturated carbocycles. The lowest BCUT2D eigenvalue weighted by molar-refractivity contribution is -0.134. The lowest BCUT2D eigenvalue weighted by Crippen LogP contribution is -2.34. The molecule has 376 valence electrons. The number of aromatic amines is 1. The van der Waals surface area contributed by atoms with Crippen molar-refractivity contribution >= 4 is 98.7 Å². The molecule has 5 heterocycles. The lowest BCUT2D eigenvalue weighted by Gasteiger charge is -2.27. The molecule has 23 heteroatoms. The third-order valence-corrected chi connectivity index (χ3v) is 12.8. The summed E-state index contributed by atoms with van der Waals surface area (Å²) in [5.74, 6) is 0.296. The zero-order valence-electron chi connectivity index (χ0n) is 40.4. The van der Waals surface area contributed by atoms with Gasteiger partial charge in [0.25, 0.3) is 11.9 Å². The maximum Gasteiger partial charge on any atom is 0.300 e. The molecule has 1 fully saturated rings. The van der Waals surface area contributed by atoms with E-state index in [2.05, 4.69) is 52.1 Å². The number of halogens is 1. The number of piperidine rings is 1. The third-order valence-electron chi connectivity index (χ3n) is 10.4. The van der Waals surface area contributed by atoms with Gasteiger partial charge in [-0.3, -0.25) is 24.0 Å². The highest BCUT2D eigenvalue weighted by atomic mass is 79.9. The number of para-hydroxylation sites is 2. The number of fused-ring (bicyclic) bond motifs is 3. The number of carbonyl (C=O) groups excluding carboxylic acids is 4. The van der Waals surface area contributed by atoms with Crippen LogP contribution in [0.3, 0.4) is 0 Å². The highest BCUT2D eigenvalue weighted by Crippen LogP contribution is 2.31. The molecule has 0 bridgehead atoms. The van der Waals surface area contributed by atoms with Gasteiger partial charge in [-0.05, 0) is 78.6 Å². The molecule has 0 spiro atoms. The fourth-order valence-corrected chi connectivity index (χ4v) is 8.90.